The van der Waals surface area contributed by atoms with E-state index in [1.807, 2.05) is 17.9 Å². The summed E-state index contributed by atoms with van der Waals surface area (Å²) >= 11 is 0. The van der Waals surface area contributed by atoms with Crippen molar-refractivity contribution in [2.75, 3.05) is 19.7 Å². The number of ether oxygens (including phenoxy) is 1. The quantitative estimate of drug-likeness (QED) is 0.767. The lowest BCUT2D eigenvalue weighted by molar-refractivity contribution is -0.144. The second-order valence-electron chi connectivity index (χ2n) is 4.75. The van der Waals surface area contributed by atoms with Crippen molar-refractivity contribution in [3.8, 4) is 0 Å². The summed E-state index contributed by atoms with van der Waals surface area (Å²) in [5.41, 5.74) is 1.54. The van der Waals surface area contributed by atoms with Crippen molar-refractivity contribution >= 4 is 16.9 Å². The predicted molar refractivity (Wildman–Crippen MR) is 79.3 cm³/mol. The predicted octanol–water partition coefficient (Wildman–Crippen LogP) is 2.76. The highest BCUT2D eigenvalue weighted by molar-refractivity contribution is 5.81. The Balaban J connectivity index is 2.23. The van der Waals surface area contributed by atoms with E-state index < -0.39 is 0 Å². The van der Waals surface area contributed by atoms with E-state index in [-0.39, 0.29) is 18.3 Å². The van der Waals surface area contributed by atoms with Gasteiger partial charge in [-0.25, -0.2) is 4.39 Å². The molecular formula is C16H19FN2O2. The molecule has 0 amide bonds. The summed E-state index contributed by atoms with van der Waals surface area (Å²) in [5.74, 6) is -0.564. The van der Waals surface area contributed by atoms with Gasteiger partial charge >= 0.3 is 5.97 Å². The fourth-order valence-electron chi connectivity index (χ4n) is 2.26. The molecule has 0 aliphatic heterocycles. The van der Waals surface area contributed by atoms with Crippen molar-refractivity contribution < 1.29 is 13.9 Å². The van der Waals surface area contributed by atoms with Crippen molar-refractivity contribution in [2.45, 2.75) is 20.4 Å². The smallest absolute Gasteiger partial charge is 0.320 e. The number of carbonyl (C=O) groups excluding carboxylic acids is 1. The molecule has 0 N–H and O–H groups in total. The van der Waals surface area contributed by atoms with Gasteiger partial charge in [0.25, 0.3) is 0 Å². The molecule has 0 radical (unpaired) electrons. The molecule has 1 aromatic heterocycles. The minimum Gasteiger partial charge on any atom is -0.465 e. The third kappa shape index (κ3) is 3.98. The SMILES string of the molecule is CCOC(=O)CN(CC)Cc1cc(F)cc2cccnc12. The first-order chi connectivity index (χ1) is 10.1. The molecule has 0 saturated carbocycles. The average molecular weight is 290 g/mol. The maximum absolute atomic E-state index is 13.7. The van der Waals surface area contributed by atoms with Gasteiger partial charge in [-0.05, 0) is 37.2 Å². The normalized spacial score (nSPS) is 11.0. The van der Waals surface area contributed by atoms with Crippen molar-refractivity contribution in [3.63, 3.8) is 0 Å². The van der Waals surface area contributed by atoms with E-state index in [9.17, 15) is 9.18 Å². The van der Waals surface area contributed by atoms with Crippen LogP contribution in [-0.2, 0) is 16.1 Å². The zero-order valence-corrected chi connectivity index (χ0v) is 12.3. The van der Waals surface area contributed by atoms with Gasteiger partial charge in [0, 0.05) is 18.1 Å². The lowest BCUT2D eigenvalue weighted by Crippen LogP contribution is -2.30. The van der Waals surface area contributed by atoms with E-state index in [0.717, 1.165) is 16.5 Å². The maximum Gasteiger partial charge on any atom is 0.320 e. The van der Waals surface area contributed by atoms with Gasteiger partial charge in [-0.3, -0.25) is 14.7 Å². The van der Waals surface area contributed by atoms with Gasteiger partial charge in [-0.2, -0.15) is 0 Å². The Morgan fingerprint density at radius 2 is 2.19 bits per heavy atom. The van der Waals surface area contributed by atoms with Crippen LogP contribution in [0.5, 0.6) is 0 Å². The third-order valence-electron chi connectivity index (χ3n) is 3.25. The van der Waals surface area contributed by atoms with Crippen LogP contribution >= 0.6 is 0 Å². The van der Waals surface area contributed by atoms with Gasteiger partial charge in [0.05, 0.1) is 18.7 Å². The minimum atomic E-state index is -0.294. The molecule has 0 unspecified atom stereocenters. The summed E-state index contributed by atoms with van der Waals surface area (Å²) in [6.45, 7) is 5.41. The first kappa shape index (κ1) is 15.4. The van der Waals surface area contributed by atoms with E-state index in [1.165, 1.54) is 12.1 Å². The molecule has 0 atom stereocenters. The monoisotopic (exact) mass is 290 g/mol. The number of carbonyl (C=O) groups is 1. The van der Waals surface area contributed by atoms with Crippen LogP contribution in [0.3, 0.4) is 0 Å². The summed E-state index contributed by atoms with van der Waals surface area (Å²) in [7, 11) is 0. The van der Waals surface area contributed by atoms with Crippen molar-refractivity contribution in [2.24, 2.45) is 0 Å². The van der Waals surface area contributed by atoms with Gasteiger partial charge in [0.2, 0.25) is 0 Å². The second-order valence-corrected chi connectivity index (χ2v) is 4.75. The van der Waals surface area contributed by atoms with Crippen LogP contribution in [0.1, 0.15) is 19.4 Å². The zero-order valence-electron chi connectivity index (χ0n) is 12.3. The lowest BCUT2D eigenvalue weighted by Gasteiger charge is -2.20. The van der Waals surface area contributed by atoms with E-state index >= 15 is 0 Å². The minimum absolute atomic E-state index is 0.190. The second kappa shape index (κ2) is 7.13. The molecule has 21 heavy (non-hydrogen) atoms. The van der Waals surface area contributed by atoms with Gasteiger partial charge in [-0.15, -0.1) is 0 Å². The molecule has 1 heterocycles. The topological polar surface area (TPSA) is 42.4 Å². The van der Waals surface area contributed by atoms with Crippen LogP contribution in [0.25, 0.3) is 10.9 Å². The number of hydrogen-bond donors (Lipinski definition) is 0. The summed E-state index contributed by atoms with van der Waals surface area (Å²) in [6.07, 6.45) is 1.69. The Labute approximate surface area is 123 Å². The highest BCUT2D eigenvalue weighted by Gasteiger charge is 2.13. The summed E-state index contributed by atoms with van der Waals surface area (Å²) in [5, 5.41) is 0.764. The van der Waals surface area contributed by atoms with E-state index in [1.54, 1.807) is 19.2 Å². The molecule has 2 aromatic rings. The largest absolute Gasteiger partial charge is 0.465 e. The Kier molecular flexibility index (Phi) is 5.22. The molecule has 2 rings (SSSR count). The Morgan fingerprint density at radius 3 is 2.90 bits per heavy atom. The first-order valence-corrected chi connectivity index (χ1v) is 7.05. The number of pyridine rings is 1. The van der Waals surface area contributed by atoms with Crippen LogP contribution in [0.2, 0.25) is 0 Å². The highest BCUT2D eigenvalue weighted by Crippen LogP contribution is 2.19. The molecule has 112 valence electrons. The molecule has 0 aliphatic carbocycles. The fraction of sp³-hybridized carbons (Fsp3) is 0.375. The van der Waals surface area contributed by atoms with Crippen molar-refractivity contribution in [1.82, 2.24) is 9.88 Å². The fourth-order valence-corrected chi connectivity index (χ4v) is 2.26. The molecule has 1 aromatic carbocycles. The van der Waals surface area contributed by atoms with Crippen molar-refractivity contribution in [1.29, 1.82) is 0 Å². The van der Waals surface area contributed by atoms with E-state index in [4.69, 9.17) is 4.74 Å². The van der Waals surface area contributed by atoms with Gasteiger partial charge < -0.3 is 4.74 Å². The van der Waals surface area contributed by atoms with Crippen LogP contribution in [0.15, 0.2) is 30.5 Å². The zero-order chi connectivity index (χ0) is 15.2. The average Bonchev–Trinajstić information content (AvgIpc) is 2.46. The van der Waals surface area contributed by atoms with Crippen LogP contribution in [0, 0.1) is 5.82 Å². The Bertz CT molecular complexity index is 631. The number of fused-ring (bicyclic) bond motifs is 1. The van der Waals surface area contributed by atoms with Gasteiger partial charge in [0.15, 0.2) is 0 Å². The van der Waals surface area contributed by atoms with Crippen LogP contribution < -0.4 is 0 Å². The number of aromatic nitrogens is 1. The molecular weight excluding hydrogens is 271 g/mol. The molecule has 0 aliphatic rings. The third-order valence-corrected chi connectivity index (χ3v) is 3.25. The van der Waals surface area contributed by atoms with Crippen LogP contribution in [0.4, 0.5) is 4.39 Å². The number of benzene rings is 1. The molecule has 0 saturated heterocycles. The van der Waals surface area contributed by atoms with Gasteiger partial charge in [-0.1, -0.05) is 13.0 Å². The lowest BCUT2D eigenvalue weighted by atomic mass is 10.1. The van der Waals surface area contributed by atoms with E-state index in [2.05, 4.69) is 4.98 Å². The summed E-state index contributed by atoms with van der Waals surface area (Å²) in [4.78, 5) is 17.8. The number of likely N-dealkylation sites (N-methyl/N-ethyl adjacent to an activating group) is 1. The van der Waals surface area contributed by atoms with E-state index in [0.29, 0.717) is 19.7 Å². The Morgan fingerprint density at radius 1 is 1.38 bits per heavy atom. The maximum atomic E-state index is 13.7. The number of halogens is 1. The molecule has 0 bridgehead atoms. The number of esters is 1. The Hall–Kier alpha value is -2.01. The molecule has 0 fully saturated rings. The number of hydrogen-bond acceptors (Lipinski definition) is 4. The standard InChI is InChI=1S/C16H19FN2O2/c1-3-19(11-15(20)21-4-2)10-13-9-14(17)8-12-6-5-7-18-16(12)13/h5-9H,3-4,10-11H2,1-2H3. The molecule has 5 heteroatoms. The van der Waals surface area contributed by atoms with Crippen molar-refractivity contribution in [3.05, 3.63) is 41.8 Å². The summed E-state index contributed by atoms with van der Waals surface area (Å²) in [6, 6.07) is 6.55. The number of rotatable bonds is 6. The first-order valence-electron chi connectivity index (χ1n) is 7.05. The van der Waals surface area contributed by atoms with Crippen LogP contribution in [-0.4, -0.2) is 35.5 Å². The number of nitrogens with zero attached hydrogens (tertiary/aromatic N) is 2. The molecule has 4 nitrogen and oxygen atoms in total. The molecule has 0 spiro atoms. The van der Waals surface area contributed by atoms with Gasteiger partial charge in [0.1, 0.15) is 5.82 Å². The highest BCUT2D eigenvalue weighted by atomic mass is 19.1. The summed E-state index contributed by atoms with van der Waals surface area (Å²) < 4.78 is 18.6.